The van der Waals surface area contributed by atoms with Gasteiger partial charge < -0.3 is 14.8 Å². The number of nitrogens with zero attached hydrogens (tertiary/aromatic N) is 1. The summed E-state index contributed by atoms with van der Waals surface area (Å²) < 4.78 is 48.8. The van der Waals surface area contributed by atoms with Crippen molar-refractivity contribution in [2.75, 3.05) is 25.1 Å². The summed E-state index contributed by atoms with van der Waals surface area (Å²) in [5.41, 5.74) is -0.771. The van der Waals surface area contributed by atoms with Crippen LogP contribution in [0.3, 0.4) is 0 Å². The first-order chi connectivity index (χ1) is 8.99. The fraction of sp³-hybridized carbons (Fsp3) is 0.583. The summed E-state index contributed by atoms with van der Waals surface area (Å²) in [4.78, 5) is 4.01. The molecule has 106 valence electrons. The van der Waals surface area contributed by atoms with Crippen molar-refractivity contribution in [3.8, 4) is 5.88 Å². The molecule has 1 saturated heterocycles. The monoisotopic (exact) mass is 276 g/mol. The Hall–Kier alpha value is -1.50. The van der Waals surface area contributed by atoms with Crippen LogP contribution in [0.15, 0.2) is 12.1 Å². The van der Waals surface area contributed by atoms with Crippen LogP contribution in [0.5, 0.6) is 5.88 Å². The summed E-state index contributed by atoms with van der Waals surface area (Å²) in [6, 6.07) is 1.89. The van der Waals surface area contributed by atoms with Gasteiger partial charge in [0.05, 0.1) is 18.8 Å². The van der Waals surface area contributed by atoms with Crippen LogP contribution in [0, 0.1) is 0 Å². The van der Waals surface area contributed by atoms with Crippen molar-refractivity contribution in [3.05, 3.63) is 17.7 Å². The first-order valence-electron chi connectivity index (χ1n) is 6.06. The van der Waals surface area contributed by atoms with E-state index in [9.17, 15) is 13.2 Å². The molecule has 2 rings (SSSR count). The number of pyridine rings is 1. The highest BCUT2D eigenvalue weighted by atomic mass is 19.4. The van der Waals surface area contributed by atoms with E-state index in [0.717, 1.165) is 12.1 Å². The van der Waals surface area contributed by atoms with Gasteiger partial charge in [0.15, 0.2) is 0 Å². The van der Waals surface area contributed by atoms with Crippen molar-refractivity contribution < 1.29 is 22.6 Å². The Labute approximate surface area is 108 Å². The van der Waals surface area contributed by atoms with E-state index in [1.54, 1.807) is 6.92 Å². The molecule has 0 radical (unpaired) electrons. The number of hydrogen-bond acceptors (Lipinski definition) is 4. The predicted octanol–water partition coefficient (Wildman–Crippen LogP) is 2.70. The summed E-state index contributed by atoms with van der Waals surface area (Å²) >= 11 is 0. The number of halogens is 3. The highest BCUT2D eigenvalue weighted by Gasteiger charge is 2.32. The zero-order valence-corrected chi connectivity index (χ0v) is 10.5. The zero-order chi connectivity index (χ0) is 13.9. The molecule has 1 aromatic heterocycles. The molecule has 0 amide bonds. The van der Waals surface area contributed by atoms with E-state index in [4.69, 9.17) is 9.47 Å². The molecular formula is C12H15F3N2O2. The molecule has 2 heterocycles. The second-order valence-corrected chi connectivity index (χ2v) is 4.21. The molecule has 1 aliphatic heterocycles. The minimum absolute atomic E-state index is 0.0266. The van der Waals surface area contributed by atoms with Gasteiger partial charge in [-0.25, -0.2) is 0 Å². The maximum absolute atomic E-state index is 12.8. The van der Waals surface area contributed by atoms with E-state index in [1.165, 1.54) is 0 Å². The number of hydrogen-bond donors (Lipinski definition) is 1. The fourth-order valence-electron chi connectivity index (χ4n) is 1.78. The van der Waals surface area contributed by atoms with Gasteiger partial charge in [-0.05, 0) is 13.0 Å². The third-order valence-corrected chi connectivity index (χ3v) is 2.66. The topological polar surface area (TPSA) is 43.4 Å². The average molecular weight is 276 g/mol. The Bertz CT molecular complexity index is 431. The molecule has 0 bridgehead atoms. The number of ether oxygens (including phenoxy) is 2. The lowest BCUT2D eigenvalue weighted by atomic mass is 10.2. The summed E-state index contributed by atoms with van der Waals surface area (Å²) in [5, 5.41) is 2.76. The third kappa shape index (κ3) is 3.73. The highest BCUT2D eigenvalue weighted by Crippen LogP contribution is 2.33. The van der Waals surface area contributed by atoms with Crippen molar-refractivity contribution in [3.63, 3.8) is 0 Å². The summed E-state index contributed by atoms with van der Waals surface area (Å²) in [5.74, 6) is 0.132. The molecule has 1 unspecified atom stereocenters. The molecule has 0 aromatic carbocycles. The van der Waals surface area contributed by atoms with Crippen LogP contribution in [0.4, 0.5) is 19.0 Å². The molecule has 0 aliphatic carbocycles. The van der Waals surface area contributed by atoms with Crippen molar-refractivity contribution in [1.82, 2.24) is 4.98 Å². The Morgan fingerprint density at radius 3 is 2.84 bits per heavy atom. The predicted molar refractivity (Wildman–Crippen MR) is 63.3 cm³/mol. The largest absolute Gasteiger partial charge is 0.472 e. The summed E-state index contributed by atoms with van der Waals surface area (Å²) in [7, 11) is 0. The van der Waals surface area contributed by atoms with Crippen molar-refractivity contribution in [2.24, 2.45) is 0 Å². The molecule has 4 nitrogen and oxygen atoms in total. The van der Waals surface area contributed by atoms with E-state index >= 15 is 0 Å². The second kappa shape index (κ2) is 5.64. The van der Waals surface area contributed by atoms with Crippen molar-refractivity contribution in [2.45, 2.75) is 25.6 Å². The average Bonchev–Trinajstić information content (AvgIpc) is 2.81. The first kappa shape index (κ1) is 13.9. The molecule has 7 heteroatoms. The number of aromatic nitrogens is 1. The van der Waals surface area contributed by atoms with Gasteiger partial charge in [-0.1, -0.05) is 0 Å². The van der Waals surface area contributed by atoms with Gasteiger partial charge in [-0.15, -0.1) is 0 Å². The number of nitrogens with one attached hydrogen (secondary N) is 1. The van der Waals surface area contributed by atoms with Crippen LogP contribution in [0.1, 0.15) is 18.9 Å². The maximum Gasteiger partial charge on any atom is 0.416 e. The molecule has 0 spiro atoms. The zero-order valence-electron chi connectivity index (χ0n) is 10.5. The molecule has 1 aliphatic rings. The third-order valence-electron chi connectivity index (χ3n) is 2.66. The van der Waals surface area contributed by atoms with Crippen LogP contribution in [-0.2, 0) is 10.9 Å². The van der Waals surface area contributed by atoms with Gasteiger partial charge in [0.2, 0.25) is 5.88 Å². The SMILES string of the molecule is CCNc1cc(C(F)(F)F)cc(OC2CCOC2)n1. The quantitative estimate of drug-likeness (QED) is 0.918. The molecule has 19 heavy (non-hydrogen) atoms. The Balaban J connectivity index is 2.22. The Kier molecular flexibility index (Phi) is 4.14. The van der Waals surface area contributed by atoms with Gasteiger partial charge in [-0.2, -0.15) is 18.2 Å². The van der Waals surface area contributed by atoms with E-state index in [0.29, 0.717) is 26.2 Å². The van der Waals surface area contributed by atoms with Crippen molar-refractivity contribution in [1.29, 1.82) is 0 Å². The molecule has 0 saturated carbocycles. The number of anilines is 1. The molecule has 1 atom stereocenters. The van der Waals surface area contributed by atoms with Crippen LogP contribution < -0.4 is 10.1 Å². The van der Waals surface area contributed by atoms with Crippen LogP contribution in [-0.4, -0.2) is 30.8 Å². The van der Waals surface area contributed by atoms with Gasteiger partial charge in [0, 0.05) is 19.0 Å². The molecule has 1 N–H and O–H groups in total. The molecule has 1 aromatic rings. The standard InChI is InChI=1S/C12H15F3N2O2/c1-2-16-10-5-8(12(13,14)15)6-11(17-10)19-9-3-4-18-7-9/h5-6,9H,2-4,7H2,1H3,(H,16,17). The summed E-state index contributed by atoms with van der Waals surface area (Å²) in [6.45, 7) is 3.21. The van der Waals surface area contributed by atoms with E-state index in [1.807, 2.05) is 0 Å². The minimum atomic E-state index is -4.42. The Morgan fingerprint density at radius 2 is 2.26 bits per heavy atom. The van der Waals surface area contributed by atoms with Gasteiger partial charge in [0.1, 0.15) is 11.9 Å². The second-order valence-electron chi connectivity index (χ2n) is 4.21. The number of rotatable bonds is 4. The van der Waals surface area contributed by atoms with E-state index < -0.39 is 11.7 Å². The highest BCUT2D eigenvalue weighted by molar-refractivity contribution is 5.42. The maximum atomic E-state index is 12.8. The number of alkyl halides is 3. The minimum Gasteiger partial charge on any atom is -0.472 e. The van der Waals surface area contributed by atoms with Gasteiger partial charge in [0.25, 0.3) is 0 Å². The first-order valence-corrected chi connectivity index (χ1v) is 6.06. The van der Waals surface area contributed by atoms with Gasteiger partial charge >= 0.3 is 6.18 Å². The van der Waals surface area contributed by atoms with Gasteiger partial charge in [-0.3, -0.25) is 0 Å². The van der Waals surface area contributed by atoms with Crippen LogP contribution in [0.25, 0.3) is 0 Å². The van der Waals surface area contributed by atoms with Crippen molar-refractivity contribution >= 4 is 5.82 Å². The fourth-order valence-corrected chi connectivity index (χ4v) is 1.78. The lowest BCUT2D eigenvalue weighted by Gasteiger charge is -2.15. The Morgan fingerprint density at radius 1 is 1.47 bits per heavy atom. The van der Waals surface area contributed by atoms with Crippen LogP contribution >= 0.6 is 0 Å². The lowest BCUT2D eigenvalue weighted by molar-refractivity contribution is -0.137. The van der Waals surface area contributed by atoms with E-state index in [2.05, 4.69) is 10.3 Å². The normalized spacial score (nSPS) is 19.5. The van der Waals surface area contributed by atoms with E-state index in [-0.39, 0.29) is 17.8 Å². The smallest absolute Gasteiger partial charge is 0.416 e. The molecular weight excluding hydrogens is 261 g/mol. The summed E-state index contributed by atoms with van der Waals surface area (Å²) in [6.07, 6.45) is -3.99. The van der Waals surface area contributed by atoms with Crippen LogP contribution in [0.2, 0.25) is 0 Å². The lowest BCUT2D eigenvalue weighted by Crippen LogP contribution is -2.18. The molecule has 1 fully saturated rings.